The molecule has 1 aromatic rings. The van der Waals surface area contributed by atoms with E-state index in [0.717, 1.165) is 49.9 Å². The van der Waals surface area contributed by atoms with Crippen molar-refractivity contribution in [1.82, 2.24) is 4.72 Å². The molecular formula is C15H22N2O2S. The van der Waals surface area contributed by atoms with Crippen LogP contribution in [0.5, 0.6) is 0 Å². The number of rotatable bonds is 3. The molecule has 1 heterocycles. The molecule has 2 N–H and O–H groups in total. The van der Waals surface area contributed by atoms with Gasteiger partial charge in [-0.3, -0.25) is 0 Å². The minimum absolute atomic E-state index is 0.101. The third kappa shape index (κ3) is 2.83. The van der Waals surface area contributed by atoms with Crippen LogP contribution in [0.3, 0.4) is 0 Å². The van der Waals surface area contributed by atoms with Crippen LogP contribution in [-0.4, -0.2) is 21.0 Å². The zero-order valence-corrected chi connectivity index (χ0v) is 12.7. The summed E-state index contributed by atoms with van der Waals surface area (Å²) < 4.78 is 27.8. The molecule has 5 heteroatoms. The Bertz CT molecular complexity index is 598. The van der Waals surface area contributed by atoms with E-state index in [2.05, 4.69) is 17.0 Å². The van der Waals surface area contributed by atoms with Crippen LogP contribution in [0.15, 0.2) is 23.1 Å². The van der Waals surface area contributed by atoms with E-state index in [-0.39, 0.29) is 6.04 Å². The topological polar surface area (TPSA) is 58.2 Å². The Hall–Kier alpha value is -1.07. The van der Waals surface area contributed by atoms with E-state index in [0.29, 0.717) is 10.8 Å². The summed E-state index contributed by atoms with van der Waals surface area (Å²) in [4.78, 5) is 0.402. The van der Waals surface area contributed by atoms with Crippen LogP contribution in [0.4, 0.5) is 5.69 Å². The normalized spacial score (nSPS) is 26.1. The monoisotopic (exact) mass is 294 g/mol. The summed E-state index contributed by atoms with van der Waals surface area (Å²) in [6, 6.07) is 5.52. The molecule has 1 saturated carbocycles. The van der Waals surface area contributed by atoms with Gasteiger partial charge in [0.2, 0.25) is 10.0 Å². The van der Waals surface area contributed by atoms with E-state index in [9.17, 15) is 8.42 Å². The molecule has 0 aromatic heterocycles. The number of benzene rings is 1. The van der Waals surface area contributed by atoms with Gasteiger partial charge in [-0.05, 0) is 61.8 Å². The second-order valence-electron chi connectivity index (χ2n) is 6.09. The van der Waals surface area contributed by atoms with E-state index < -0.39 is 10.0 Å². The van der Waals surface area contributed by atoms with Crippen LogP contribution in [-0.2, 0) is 16.4 Å². The van der Waals surface area contributed by atoms with Crippen LogP contribution in [0.25, 0.3) is 0 Å². The fraction of sp³-hybridized carbons (Fsp3) is 0.600. The predicted octanol–water partition coefficient (Wildman–Crippen LogP) is 2.51. The molecule has 1 fully saturated rings. The van der Waals surface area contributed by atoms with Crippen molar-refractivity contribution in [2.75, 3.05) is 11.9 Å². The standard InChI is InChI=1S/C15H22N2O2S/c1-11-4-5-13(9-11)17-20(18,19)14-6-7-15-12(10-14)3-2-8-16-15/h6-7,10-11,13,16-17H,2-5,8-9H2,1H3. The summed E-state index contributed by atoms with van der Waals surface area (Å²) in [7, 11) is -3.38. The van der Waals surface area contributed by atoms with Crippen molar-refractivity contribution in [3.63, 3.8) is 0 Å². The van der Waals surface area contributed by atoms with Crippen molar-refractivity contribution in [2.45, 2.75) is 50.0 Å². The molecule has 3 rings (SSSR count). The van der Waals surface area contributed by atoms with Gasteiger partial charge in [-0.15, -0.1) is 0 Å². The Morgan fingerprint density at radius 3 is 2.90 bits per heavy atom. The second-order valence-corrected chi connectivity index (χ2v) is 7.80. The van der Waals surface area contributed by atoms with Gasteiger partial charge in [0, 0.05) is 18.3 Å². The number of fused-ring (bicyclic) bond motifs is 1. The van der Waals surface area contributed by atoms with E-state index >= 15 is 0 Å². The summed E-state index contributed by atoms with van der Waals surface area (Å²) in [6.07, 6.45) is 5.02. The average Bonchev–Trinajstić information content (AvgIpc) is 2.83. The first kappa shape index (κ1) is 13.9. The van der Waals surface area contributed by atoms with Crippen LogP contribution in [0.2, 0.25) is 0 Å². The molecule has 1 aromatic carbocycles. The van der Waals surface area contributed by atoms with Crippen molar-refractivity contribution in [2.24, 2.45) is 5.92 Å². The number of hydrogen-bond donors (Lipinski definition) is 2. The molecule has 2 atom stereocenters. The molecule has 2 unspecified atom stereocenters. The zero-order valence-electron chi connectivity index (χ0n) is 11.9. The molecule has 110 valence electrons. The molecule has 0 saturated heterocycles. The molecule has 2 aliphatic rings. The van der Waals surface area contributed by atoms with Crippen molar-refractivity contribution in [1.29, 1.82) is 0 Å². The second kappa shape index (κ2) is 5.37. The highest BCUT2D eigenvalue weighted by molar-refractivity contribution is 7.89. The summed E-state index contributed by atoms with van der Waals surface area (Å²) in [6.45, 7) is 3.15. The van der Waals surface area contributed by atoms with Gasteiger partial charge in [-0.1, -0.05) is 6.92 Å². The van der Waals surface area contributed by atoms with E-state index in [1.807, 2.05) is 12.1 Å². The molecule has 1 aliphatic heterocycles. The lowest BCUT2D eigenvalue weighted by molar-refractivity contribution is 0.538. The highest BCUT2D eigenvalue weighted by atomic mass is 32.2. The van der Waals surface area contributed by atoms with E-state index in [4.69, 9.17) is 0 Å². The van der Waals surface area contributed by atoms with Gasteiger partial charge in [-0.2, -0.15) is 0 Å². The van der Waals surface area contributed by atoms with E-state index in [1.165, 1.54) is 0 Å². The number of sulfonamides is 1. The molecule has 4 nitrogen and oxygen atoms in total. The third-order valence-electron chi connectivity index (χ3n) is 4.34. The smallest absolute Gasteiger partial charge is 0.240 e. The highest BCUT2D eigenvalue weighted by Crippen LogP contribution is 2.28. The Morgan fingerprint density at radius 1 is 1.30 bits per heavy atom. The van der Waals surface area contributed by atoms with Gasteiger partial charge in [0.1, 0.15) is 0 Å². The zero-order chi connectivity index (χ0) is 14.2. The van der Waals surface area contributed by atoms with E-state index in [1.54, 1.807) is 6.07 Å². The van der Waals surface area contributed by atoms with Gasteiger partial charge in [-0.25, -0.2) is 13.1 Å². The first-order valence-corrected chi connectivity index (χ1v) is 8.92. The Labute approximate surface area is 121 Å². The van der Waals surface area contributed by atoms with Crippen molar-refractivity contribution >= 4 is 15.7 Å². The summed E-state index contributed by atoms with van der Waals surface area (Å²) in [5.41, 5.74) is 2.18. The van der Waals surface area contributed by atoms with Gasteiger partial charge in [0.15, 0.2) is 0 Å². The summed E-state index contributed by atoms with van der Waals surface area (Å²) >= 11 is 0. The Kier molecular flexibility index (Phi) is 3.73. The summed E-state index contributed by atoms with van der Waals surface area (Å²) in [5.74, 6) is 0.621. The van der Waals surface area contributed by atoms with Crippen molar-refractivity contribution in [3.8, 4) is 0 Å². The van der Waals surface area contributed by atoms with Gasteiger partial charge < -0.3 is 5.32 Å². The largest absolute Gasteiger partial charge is 0.385 e. The van der Waals surface area contributed by atoms with Crippen LogP contribution >= 0.6 is 0 Å². The maximum absolute atomic E-state index is 12.4. The van der Waals surface area contributed by atoms with Crippen molar-refractivity contribution < 1.29 is 8.42 Å². The number of aryl methyl sites for hydroxylation is 1. The average molecular weight is 294 g/mol. The first-order chi connectivity index (χ1) is 9.54. The lowest BCUT2D eigenvalue weighted by Gasteiger charge is -2.19. The van der Waals surface area contributed by atoms with Crippen LogP contribution in [0, 0.1) is 5.92 Å². The molecule has 0 bridgehead atoms. The minimum Gasteiger partial charge on any atom is -0.385 e. The number of anilines is 1. The molecule has 0 radical (unpaired) electrons. The van der Waals surface area contributed by atoms with Gasteiger partial charge >= 0.3 is 0 Å². The lowest BCUT2D eigenvalue weighted by atomic mass is 10.0. The SMILES string of the molecule is CC1CCC(NS(=O)(=O)c2ccc3c(c2)CCCN3)C1. The molecule has 1 aliphatic carbocycles. The Morgan fingerprint density at radius 2 is 2.15 bits per heavy atom. The lowest BCUT2D eigenvalue weighted by Crippen LogP contribution is -2.33. The van der Waals surface area contributed by atoms with Crippen LogP contribution < -0.4 is 10.0 Å². The first-order valence-electron chi connectivity index (χ1n) is 7.44. The Balaban J connectivity index is 1.80. The molecule has 0 amide bonds. The quantitative estimate of drug-likeness (QED) is 0.900. The minimum atomic E-state index is -3.38. The molecule has 20 heavy (non-hydrogen) atoms. The molecular weight excluding hydrogens is 272 g/mol. The maximum Gasteiger partial charge on any atom is 0.240 e. The number of nitrogens with one attached hydrogen (secondary N) is 2. The maximum atomic E-state index is 12.4. The predicted molar refractivity (Wildman–Crippen MR) is 80.4 cm³/mol. The fourth-order valence-electron chi connectivity index (χ4n) is 3.22. The third-order valence-corrected chi connectivity index (χ3v) is 5.86. The fourth-order valence-corrected chi connectivity index (χ4v) is 4.55. The summed E-state index contributed by atoms with van der Waals surface area (Å²) in [5, 5.41) is 3.30. The van der Waals surface area contributed by atoms with Gasteiger partial charge in [0.05, 0.1) is 4.90 Å². The number of hydrogen-bond acceptors (Lipinski definition) is 3. The van der Waals surface area contributed by atoms with Crippen LogP contribution in [0.1, 0.15) is 38.2 Å². The van der Waals surface area contributed by atoms with Gasteiger partial charge in [0.25, 0.3) is 0 Å². The van der Waals surface area contributed by atoms with Crippen molar-refractivity contribution in [3.05, 3.63) is 23.8 Å². The molecule has 0 spiro atoms. The highest BCUT2D eigenvalue weighted by Gasteiger charge is 2.27.